The Morgan fingerprint density at radius 2 is 2.33 bits per heavy atom. The van der Waals surface area contributed by atoms with Crippen molar-refractivity contribution in [2.75, 3.05) is 6.54 Å². The normalized spacial score (nSPS) is 27.3. The van der Waals surface area contributed by atoms with Crippen LogP contribution in [0.2, 0.25) is 0 Å². The van der Waals surface area contributed by atoms with Gasteiger partial charge in [-0.3, -0.25) is 10.1 Å². The van der Waals surface area contributed by atoms with Crippen LogP contribution in [0.5, 0.6) is 0 Å². The van der Waals surface area contributed by atoms with Gasteiger partial charge in [0.15, 0.2) is 0 Å². The van der Waals surface area contributed by atoms with E-state index in [-0.39, 0.29) is 19.0 Å². The quantitative estimate of drug-likeness (QED) is 0.712. The zero-order chi connectivity index (χ0) is 13.1. The Kier molecular flexibility index (Phi) is 3.90. The molecular formula is C12H14FNO4. The van der Waals surface area contributed by atoms with Crippen molar-refractivity contribution >= 4 is 5.97 Å². The molecule has 6 heteroatoms. The smallest absolute Gasteiger partial charge is 0.323 e. The lowest BCUT2D eigenvalue weighted by Crippen LogP contribution is -2.40. The maximum atomic E-state index is 12.9. The maximum absolute atomic E-state index is 12.9. The summed E-state index contributed by atoms with van der Waals surface area (Å²) in [4.78, 5) is 10.7. The van der Waals surface area contributed by atoms with Crippen LogP contribution in [-0.4, -0.2) is 41.0 Å². The third kappa shape index (κ3) is 2.84. The molecule has 0 saturated carbocycles. The molecule has 0 spiro atoms. The molecule has 1 fully saturated rings. The van der Waals surface area contributed by atoms with E-state index in [0.29, 0.717) is 5.56 Å². The van der Waals surface area contributed by atoms with E-state index >= 15 is 0 Å². The van der Waals surface area contributed by atoms with Gasteiger partial charge in [0.25, 0.3) is 0 Å². The summed E-state index contributed by atoms with van der Waals surface area (Å²) in [6, 6.07) is 4.92. The van der Waals surface area contributed by atoms with E-state index in [2.05, 4.69) is 5.32 Å². The summed E-state index contributed by atoms with van der Waals surface area (Å²) in [6.07, 6.45) is -1.70. The zero-order valence-electron chi connectivity index (χ0n) is 9.54. The highest BCUT2D eigenvalue weighted by atomic mass is 19.1. The Balaban J connectivity index is 1.90. The van der Waals surface area contributed by atoms with Crippen LogP contribution < -0.4 is 5.32 Å². The van der Waals surface area contributed by atoms with Crippen molar-refractivity contribution in [2.45, 2.75) is 24.9 Å². The Hall–Kier alpha value is -1.50. The van der Waals surface area contributed by atoms with Gasteiger partial charge >= 0.3 is 5.97 Å². The van der Waals surface area contributed by atoms with Gasteiger partial charge in [-0.15, -0.1) is 0 Å². The molecule has 2 rings (SSSR count). The maximum Gasteiger partial charge on any atom is 0.323 e. The van der Waals surface area contributed by atoms with E-state index in [0.717, 1.165) is 0 Å². The van der Waals surface area contributed by atoms with Crippen LogP contribution >= 0.6 is 0 Å². The molecule has 1 heterocycles. The molecule has 1 aromatic carbocycles. The fourth-order valence-electron chi connectivity index (χ4n) is 1.92. The summed E-state index contributed by atoms with van der Waals surface area (Å²) in [5.41, 5.74) is 0.640. The molecule has 1 saturated heterocycles. The van der Waals surface area contributed by atoms with Gasteiger partial charge in [0.05, 0.1) is 12.7 Å². The number of aliphatic hydroxyl groups excluding tert-OH is 1. The molecule has 1 aliphatic rings. The number of carbonyl (C=O) groups is 1. The minimum atomic E-state index is -1.11. The Bertz CT molecular complexity index is 440. The van der Waals surface area contributed by atoms with Crippen LogP contribution in [0, 0.1) is 5.82 Å². The molecule has 1 aromatic rings. The largest absolute Gasteiger partial charge is 0.480 e. The third-order valence-corrected chi connectivity index (χ3v) is 2.88. The van der Waals surface area contributed by atoms with E-state index in [4.69, 9.17) is 9.84 Å². The van der Waals surface area contributed by atoms with Crippen molar-refractivity contribution in [3.05, 3.63) is 35.6 Å². The second kappa shape index (κ2) is 5.43. The molecule has 18 heavy (non-hydrogen) atoms. The van der Waals surface area contributed by atoms with Gasteiger partial charge in [-0.05, 0) is 17.7 Å². The standard InChI is InChI=1S/C12H14FNO4/c13-8-3-1-2-7(4-8)6-18-9-5-14-10(11(9)15)12(16)17/h1-4,9-11,14-15H,5-6H2,(H,16,17)/t9-,10-,11+/m0/s1. The highest BCUT2D eigenvalue weighted by Gasteiger charge is 2.39. The highest BCUT2D eigenvalue weighted by molar-refractivity contribution is 5.74. The van der Waals surface area contributed by atoms with Crippen molar-refractivity contribution in [2.24, 2.45) is 0 Å². The molecule has 0 unspecified atom stereocenters. The minimum absolute atomic E-state index is 0.132. The molecular weight excluding hydrogens is 241 g/mol. The first-order valence-electron chi connectivity index (χ1n) is 5.58. The number of carboxylic acids is 1. The summed E-state index contributed by atoms with van der Waals surface area (Å²) >= 11 is 0. The average molecular weight is 255 g/mol. The molecule has 1 aliphatic heterocycles. The molecule has 3 N–H and O–H groups in total. The van der Waals surface area contributed by atoms with E-state index in [1.54, 1.807) is 12.1 Å². The Morgan fingerprint density at radius 3 is 2.94 bits per heavy atom. The van der Waals surface area contributed by atoms with Crippen LogP contribution in [0.1, 0.15) is 5.56 Å². The van der Waals surface area contributed by atoms with Gasteiger partial charge in [-0.1, -0.05) is 12.1 Å². The molecule has 0 aliphatic carbocycles. The van der Waals surface area contributed by atoms with Crippen molar-refractivity contribution in [3.8, 4) is 0 Å². The highest BCUT2D eigenvalue weighted by Crippen LogP contribution is 2.14. The first kappa shape index (κ1) is 12.9. The number of ether oxygens (including phenoxy) is 1. The molecule has 3 atom stereocenters. The number of aliphatic hydroxyl groups is 1. The van der Waals surface area contributed by atoms with Gasteiger partial charge in [0.1, 0.15) is 18.0 Å². The number of carboxylic acid groups (broad SMARTS) is 1. The second-order valence-electron chi connectivity index (χ2n) is 4.19. The zero-order valence-corrected chi connectivity index (χ0v) is 9.54. The van der Waals surface area contributed by atoms with Gasteiger partial charge in [0.2, 0.25) is 0 Å². The predicted octanol–water partition coefficient (Wildman–Crippen LogP) is 0.128. The molecule has 0 bridgehead atoms. The lowest BCUT2D eigenvalue weighted by molar-refractivity contribution is -0.142. The van der Waals surface area contributed by atoms with Gasteiger partial charge < -0.3 is 14.9 Å². The summed E-state index contributed by atoms with van der Waals surface area (Å²) in [5.74, 6) is -1.47. The molecule has 0 radical (unpaired) electrons. The van der Waals surface area contributed by atoms with Crippen LogP contribution in [0.25, 0.3) is 0 Å². The monoisotopic (exact) mass is 255 g/mol. The van der Waals surface area contributed by atoms with E-state index < -0.39 is 24.2 Å². The molecule has 0 aromatic heterocycles. The van der Waals surface area contributed by atoms with E-state index in [1.807, 2.05) is 0 Å². The van der Waals surface area contributed by atoms with Crippen LogP contribution in [0.15, 0.2) is 24.3 Å². The number of aliphatic carboxylic acids is 1. The number of halogens is 1. The first-order chi connectivity index (χ1) is 8.58. The number of hydrogen-bond donors (Lipinski definition) is 3. The summed E-state index contributed by atoms with van der Waals surface area (Å²) in [5, 5.41) is 21.2. The van der Waals surface area contributed by atoms with Crippen LogP contribution in [-0.2, 0) is 16.1 Å². The van der Waals surface area contributed by atoms with Gasteiger partial charge in [-0.25, -0.2) is 4.39 Å². The fraction of sp³-hybridized carbons (Fsp3) is 0.417. The first-order valence-corrected chi connectivity index (χ1v) is 5.58. The molecule has 5 nitrogen and oxygen atoms in total. The summed E-state index contributed by atoms with van der Waals surface area (Å²) < 4.78 is 18.3. The van der Waals surface area contributed by atoms with E-state index in [9.17, 15) is 14.3 Å². The van der Waals surface area contributed by atoms with Crippen molar-refractivity contribution < 1.29 is 24.1 Å². The lowest BCUT2D eigenvalue weighted by atomic mass is 10.1. The Labute approximate surface area is 103 Å². The van der Waals surface area contributed by atoms with Crippen LogP contribution in [0.4, 0.5) is 4.39 Å². The van der Waals surface area contributed by atoms with Gasteiger partial charge in [-0.2, -0.15) is 0 Å². The lowest BCUT2D eigenvalue weighted by Gasteiger charge is -2.16. The third-order valence-electron chi connectivity index (χ3n) is 2.88. The SMILES string of the molecule is O=C(O)[C@H]1NC[C@H](OCc2cccc(F)c2)[C@H]1O. The summed E-state index contributed by atoms with van der Waals surface area (Å²) in [6.45, 7) is 0.390. The number of rotatable bonds is 4. The average Bonchev–Trinajstić information content (AvgIpc) is 2.68. The number of nitrogens with one attached hydrogen (secondary N) is 1. The van der Waals surface area contributed by atoms with Crippen molar-refractivity contribution in [1.29, 1.82) is 0 Å². The second-order valence-corrected chi connectivity index (χ2v) is 4.19. The van der Waals surface area contributed by atoms with Crippen molar-refractivity contribution in [3.63, 3.8) is 0 Å². The topological polar surface area (TPSA) is 78.8 Å². The molecule has 0 amide bonds. The molecule has 98 valence electrons. The number of hydrogen-bond acceptors (Lipinski definition) is 4. The minimum Gasteiger partial charge on any atom is -0.480 e. The van der Waals surface area contributed by atoms with E-state index in [1.165, 1.54) is 12.1 Å². The predicted molar refractivity (Wildman–Crippen MR) is 60.4 cm³/mol. The Morgan fingerprint density at radius 1 is 1.56 bits per heavy atom. The number of benzene rings is 1. The van der Waals surface area contributed by atoms with Crippen molar-refractivity contribution in [1.82, 2.24) is 5.32 Å². The van der Waals surface area contributed by atoms with Gasteiger partial charge in [0, 0.05) is 6.54 Å². The summed E-state index contributed by atoms with van der Waals surface area (Å²) in [7, 11) is 0. The van der Waals surface area contributed by atoms with Crippen LogP contribution in [0.3, 0.4) is 0 Å². The fourth-order valence-corrected chi connectivity index (χ4v) is 1.92.